The standard InChI is InChI=1S/C14H21BrN4O/c1-2-12-17-11(15)10-13(18-12)16-7-6-14(20)19-8-4-3-5-9-19/h10H,2-9H2,1H3,(H,16,17,18). The van der Waals surface area contributed by atoms with Gasteiger partial charge < -0.3 is 10.2 Å². The van der Waals surface area contributed by atoms with E-state index < -0.39 is 0 Å². The molecule has 1 aliphatic heterocycles. The van der Waals surface area contributed by atoms with Crippen molar-refractivity contribution in [2.45, 2.75) is 39.0 Å². The molecule has 0 bridgehead atoms. The maximum atomic E-state index is 12.0. The van der Waals surface area contributed by atoms with Crippen molar-refractivity contribution in [2.24, 2.45) is 0 Å². The summed E-state index contributed by atoms with van der Waals surface area (Å²) in [7, 11) is 0. The number of hydrogen-bond acceptors (Lipinski definition) is 4. The molecule has 20 heavy (non-hydrogen) atoms. The van der Waals surface area contributed by atoms with E-state index in [0.717, 1.165) is 48.6 Å². The Bertz CT molecular complexity index is 460. The van der Waals surface area contributed by atoms with Crippen LogP contribution in [0.15, 0.2) is 10.7 Å². The SMILES string of the molecule is CCc1nc(Br)cc(NCCC(=O)N2CCCCC2)n1. The Hall–Kier alpha value is -1.17. The molecular weight excluding hydrogens is 320 g/mol. The first kappa shape index (κ1) is 15.2. The van der Waals surface area contributed by atoms with Gasteiger partial charge in [-0.1, -0.05) is 6.92 Å². The summed E-state index contributed by atoms with van der Waals surface area (Å²) in [5, 5.41) is 3.20. The van der Waals surface area contributed by atoms with E-state index in [2.05, 4.69) is 31.2 Å². The number of hydrogen-bond donors (Lipinski definition) is 1. The van der Waals surface area contributed by atoms with Crippen LogP contribution in [-0.4, -0.2) is 40.4 Å². The van der Waals surface area contributed by atoms with Crippen LogP contribution in [0.3, 0.4) is 0 Å². The van der Waals surface area contributed by atoms with E-state index in [9.17, 15) is 4.79 Å². The second-order valence-electron chi connectivity index (χ2n) is 4.96. The van der Waals surface area contributed by atoms with Gasteiger partial charge in [-0.3, -0.25) is 4.79 Å². The van der Waals surface area contributed by atoms with E-state index in [4.69, 9.17) is 0 Å². The Morgan fingerprint density at radius 1 is 1.35 bits per heavy atom. The van der Waals surface area contributed by atoms with Crippen molar-refractivity contribution in [2.75, 3.05) is 25.0 Å². The molecule has 1 aromatic rings. The summed E-state index contributed by atoms with van der Waals surface area (Å²) in [5.74, 6) is 1.81. The average Bonchev–Trinajstić information content (AvgIpc) is 2.47. The molecule has 2 heterocycles. The van der Waals surface area contributed by atoms with Gasteiger partial charge in [0, 0.05) is 38.5 Å². The molecule has 0 radical (unpaired) electrons. The largest absolute Gasteiger partial charge is 0.369 e. The van der Waals surface area contributed by atoms with Crippen LogP contribution in [0.4, 0.5) is 5.82 Å². The van der Waals surface area contributed by atoms with Crippen molar-refractivity contribution >= 4 is 27.7 Å². The molecule has 1 N–H and O–H groups in total. The van der Waals surface area contributed by atoms with Crippen LogP contribution in [0.2, 0.25) is 0 Å². The van der Waals surface area contributed by atoms with Crippen LogP contribution in [0.5, 0.6) is 0 Å². The molecule has 0 aliphatic carbocycles. The minimum Gasteiger partial charge on any atom is -0.369 e. The third-order valence-electron chi connectivity index (χ3n) is 3.41. The molecule has 6 heteroatoms. The molecule has 1 fully saturated rings. The average molecular weight is 341 g/mol. The number of carbonyl (C=O) groups excluding carboxylic acids is 1. The lowest BCUT2D eigenvalue weighted by atomic mass is 10.1. The first-order valence-corrected chi connectivity index (χ1v) is 8.03. The number of piperidine rings is 1. The minimum atomic E-state index is 0.237. The molecule has 110 valence electrons. The second-order valence-corrected chi connectivity index (χ2v) is 5.78. The summed E-state index contributed by atoms with van der Waals surface area (Å²) in [6, 6.07) is 1.84. The normalized spacial score (nSPS) is 15.2. The number of anilines is 1. The van der Waals surface area contributed by atoms with Crippen molar-refractivity contribution in [3.05, 3.63) is 16.5 Å². The minimum absolute atomic E-state index is 0.237. The topological polar surface area (TPSA) is 58.1 Å². The zero-order valence-electron chi connectivity index (χ0n) is 11.9. The highest BCUT2D eigenvalue weighted by Gasteiger charge is 2.15. The molecular formula is C14H21BrN4O. The summed E-state index contributed by atoms with van der Waals surface area (Å²) < 4.78 is 0.772. The lowest BCUT2D eigenvalue weighted by Crippen LogP contribution is -2.36. The van der Waals surface area contributed by atoms with E-state index in [1.165, 1.54) is 6.42 Å². The van der Waals surface area contributed by atoms with Crippen LogP contribution < -0.4 is 5.32 Å². The molecule has 0 unspecified atom stereocenters. The Morgan fingerprint density at radius 2 is 2.10 bits per heavy atom. The van der Waals surface area contributed by atoms with E-state index in [0.29, 0.717) is 13.0 Å². The summed E-state index contributed by atoms with van der Waals surface area (Å²) in [4.78, 5) is 22.6. The zero-order valence-corrected chi connectivity index (χ0v) is 13.4. The number of aromatic nitrogens is 2. The third kappa shape index (κ3) is 4.44. The maximum Gasteiger partial charge on any atom is 0.224 e. The highest BCUT2D eigenvalue weighted by molar-refractivity contribution is 9.10. The van der Waals surface area contributed by atoms with Gasteiger partial charge in [-0.25, -0.2) is 9.97 Å². The van der Waals surface area contributed by atoms with Crippen molar-refractivity contribution in [3.63, 3.8) is 0 Å². The number of likely N-dealkylation sites (tertiary alicyclic amines) is 1. The number of carbonyl (C=O) groups is 1. The predicted molar refractivity (Wildman–Crippen MR) is 82.6 cm³/mol. The highest BCUT2D eigenvalue weighted by atomic mass is 79.9. The van der Waals surface area contributed by atoms with E-state index in [1.807, 2.05) is 17.9 Å². The van der Waals surface area contributed by atoms with Gasteiger partial charge in [-0.05, 0) is 35.2 Å². The van der Waals surface area contributed by atoms with Crippen molar-refractivity contribution in [1.82, 2.24) is 14.9 Å². The van der Waals surface area contributed by atoms with Crippen LogP contribution in [0.1, 0.15) is 38.4 Å². The third-order valence-corrected chi connectivity index (χ3v) is 3.82. The van der Waals surface area contributed by atoms with Gasteiger partial charge in [-0.15, -0.1) is 0 Å². The van der Waals surface area contributed by atoms with Crippen molar-refractivity contribution in [3.8, 4) is 0 Å². The highest BCUT2D eigenvalue weighted by Crippen LogP contribution is 2.13. The van der Waals surface area contributed by atoms with Crippen LogP contribution in [0.25, 0.3) is 0 Å². The fourth-order valence-electron chi connectivity index (χ4n) is 2.31. The van der Waals surface area contributed by atoms with Gasteiger partial charge >= 0.3 is 0 Å². The van der Waals surface area contributed by atoms with E-state index in [1.54, 1.807) is 0 Å². The van der Waals surface area contributed by atoms with Crippen molar-refractivity contribution in [1.29, 1.82) is 0 Å². The molecule has 1 amide bonds. The van der Waals surface area contributed by atoms with Crippen LogP contribution >= 0.6 is 15.9 Å². The van der Waals surface area contributed by atoms with E-state index in [-0.39, 0.29) is 5.91 Å². The molecule has 0 spiro atoms. The first-order valence-electron chi connectivity index (χ1n) is 7.24. The molecule has 0 aromatic carbocycles. The monoisotopic (exact) mass is 340 g/mol. The molecule has 0 atom stereocenters. The molecule has 0 saturated carbocycles. The lowest BCUT2D eigenvalue weighted by molar-refractivity contribution is -0.131. The quantitative estimate of drug-likeness (QED) is 0.837. The van der Waals surface area contributed by atoms with Gasteiger partial charge in [0.05, 0.1) is 0 Å². The maximum absolute atomic E-state index is 12.0. The predicted octanol–water partition coefficient (Wildman–Crippen LogP) is 2.62. The lowest BCUT2D eigenvalue weighted by Gasteiger charge is -2.26. The number of nitrogens with zero attached hydrogens (tertiary/aromatic N) is 3. The molecule has 5 nitrogen and oxygen atoms in total. The Labute approximate surface area is 128 Å². The molecule has 1 saturated heterocycles. The van der Waals surface area contributed by atoms with Gasteiger partial charge in [0.1, 0.15) is 16.2 Å². The number of aryl methyl sites for hydroxylation is 1. The van der Waals surface area contributed by atoms with Gasteiger partial charge in [0.2, 0.25) is 5.91 Å². The first-order chi connectivity index (χ1) is 9.69. The van der Waals surface area contributed by atoms with Crippen molar-refractivity contribution < 1.29 is 4.79 Å². The van der Waals surface area contributed by atoms with Crippen LogP contribution in [-0.2, 0) is 11.2 Å². The smallest absolute Gasteiger partial charge is 0.224 e. The summed E-state index contributed by atoms with van der Waals surface area (Å²) >= 11 is 3.37. The Morgan fingerprint density at radius 3 is 2.80 bits per heavy atom. The summed E-state index contributed by atoms with van der Waals surface area (Å²) in [6.07, 6.45) is 4.83. The summed E-state index contributed by atoms with van der Waals surface area (Å²) in [6.45, 7) is 4.46. The Balaban J connectivity index is 1.80. The molecule has 2 rings (SSSR count). The number of halogens is 1. The van der Waals surface area contributed by atoms with Gasteiger partial charge in [0.25, 0.3) is 0 Å². The van der Waals surface area contributed by atoms with Gasteiger partial charge in [0.15, 0.2) is 0 Å². The number of nitrogens with one attached hydrogen (secondary N) is 1. The fraction of sp³-hybridized carbons (Fsp3) is 0.643. The van der Waals surface area contributed by atoms with Crippen LogP contribution in [0, 0.1) is 0 Å². The Kier molecular flexibility index (Phi) is 5.76. The van der Waals surface area contributed by atoms with Gasteiger partial charge in [-0.2, -0.15) is 0 Å². The number of amides is 1. The zero-order chi connectivity index (χ0) is 14.4. The number of rotatable bonds is 5. The molecule has 1 aliphatic rings. The van der Waals surface area contributed by atoms with E-state index >= 15 is 0 Å². The second kappa shape index (κ2) is 7.57. The fourth-order valence-corrected chi connectivity index (χ4v) is 2.73. The molecule has 1 aromatic heterocycles. The summed E-state index contributed by atoms with van der Waals surface area (Å²) in [5.41, 5.74) is 0.